The van der Waals surface area contributed by atoms with E-state index in [4.69, 9.17) is 16.0 Å². The quantitative estimate of drug-likeness (QED) is 0.644. The van der Waals surface area contributed by atoms with Crippen molar-refractivity contribution in [3.63, 3.8) is 0 Å². The Labute approximate surface area is 75.1 Å². The first-order valence-electron chi connectivity index (χ1n) is 3.83. The van der Waals surface area contributed by atoms with Crippen molar-refractivity contribution in [2.24, 2.45) is 0 Å². The monoisotopic (exact) mass is 175 g/mol. The third kappa shape index (κ3) is 1.33. The van der Waals surface area contributed by atoms with Crippen molar-refractivity contribution in [1.29, 1.82) is 0 Å². The fourth-order valence-electron chi connectivity index (χ4n) is 1.13. The molecule has 0 aliphatic rings. The van der Waals surface area contributed by atoms with E-state index >= 15 is 0 Å². The van der Waals surface area contributed by atoms with Gasteiger partial charge in [0.15, 0.2) is 0 Å². The van der Waals surface area contributed by atoms with Gasteiger partial charge in [-0.1, -0.05) is 17.3 Å². The lowest BCUT2D eigenvalue weighted by molar-refractivity contribution is 0.436. The summed E-state index contributed by atoms with van der Waals surface area (Å²) in [6.45, 7) is 0. The van der Waals surface area contributed by atoms with Gasteiger partial charge in [-0.2, -0.15) is 0 Å². The zero-order valence-corrected chi connectivity index (χ0v) is 6.90. The zero-order chi connectivity index (χ0) is 9.26. The molecule has 0 radical (unpaired) electrons. The summed E-state index contributed by atoms with van der Waals surface area (Å²) in [5.74, 6) is 0.324. The lowest BCUT2D eigenvalue weighted by atomic mass is 10.1. The van der Waals surface area contributed by atoms with E-state index in [9.17, 15) is 0 Å². The number of hydrogen-bond donors (Lipinski definition) is 2. The van der Waals surface area contributed by atoms with Gasteiger partial charge in [-0.05, 0) is 17.7 Å². The SMILES string of the molecule is Nc1ccc(-c2cnoc2N)cc1. The topological polar surface area (TPSA) is 78.1 Å². The molecule has 66 valence electrons. The molecule has 4 heteroatoms. The molecule has 0 aliphatic carbocycles. The van der Waals surface area contributed by atoms with Crippen LogP contribution >= 0.6 is 0 Å². The van der Waals surface area contributed by atoms with Gasteiger partial charge in [0.05, 0.1) is 11.8 Å². The zero-order valence-electron chi connectivity index (χ0n) is 6.90. The van der Waals surface area contributed by atoms with Crippen LogP contribution in [-0.2, 0) is 0 Å². The van der Waals surface area contributed by atoms with Crippen LogP contribution in [0.2, 0.25) is 0 Å². The minimum absolute atomic E-state index is 0.324. The molecule has 0 spiro atoms. The van der Waals surface area contributed by atoms with Gasteiger partial charge in [0.25, 0.3) is 0 Å². The van der Waals surface area contributed by atoms with E-state index in [2.05, 4.69) is 5.16 Å². The van der Waals surface area contributed by atoms with Crippen LogP contribution in [0.1, 0.15) is 0 Å². The average Bonchev–Trinajstić information content (AvgIpc) is 2.53. The summed E-state index contributed by atoms with van der Waals surface area (Å²) in [7, 11) is 0. The first-order valence-corrected chi connectivity index (χ1v) is 3.83. The summed E-state index contributed by atoms with van der Waals surface area (Å²) >= 11 is 0. The fraction of sp³-hybridized carbons (Fsp3) is 0. The standard InChI is InChI=1S/C9H9N3O/c10-7-3-1-6(2-4-7)8-5-12-13-9(8)11/h1-5H,10-11H2. The van der Waals surface area contributed by atoms with E-state index in [0.717, 1.165) is 16.8 Å². The third-order valence-electron chi connectivity index (χ3n) is 1.82. The van der Waals surface area contributed by atoms with Crippen LogP contribution in [0.25, 0.3) is 11.1 Å². The van der Waals surface area contributed by atoms with Crippen molar-refractivity contribution in [3.05, 3.63) is 30.5 Å². The normalized spacial score (nSPS) is 10.2. The van der Waals surface area contributed by atoms with Gasteiger partial charge in [-0.15, -0.1) is 0 Å². The molecule has 4 N–H and O–H groups in total. The van der Waals surface area contributed by atoms with E-state index in [1.165, 1.54) is 0 Å². The highest BCUT2D eigenvalue weighted by molar-refractivity contribution is 5.72. The molecule has 0 amide bonds. The van der Waals surface area contributed by atoms with E-state index in [0.29, 0.717) is 5.88 Å². The van der Waals surface area contributed by atoms with Gasteiger partial charge in [0.1, 0.15) is 0 Å². The first-order chi connectivity index (χ1) is 6.27. The molecule has 0 unspecified atom stereocenters. The summed E-state index contributed by atoms with van der Waals surface area (Å²) in [6.07, 6.45) is 1.58. The molecular formula is C9H9N3O. The van der Waals surface area contributed by atoms with Gasteiger partial charge < -0.3 is 16.0 Å². The largest absolute Gasteiger partial charge is 0.399 e. The Morgan fingerprint density at radius 3 is 2.31 bits per heavy atom. The average molecular weight is 175 g/mol. The number of rotatable bonds is 1. The van der Waals surface area contributed by atoms with Gasteiger partial charge in [-0.25, -0.2) is 0 Å². The molecule has 0 bridgehead atoms. The van der Waals surface area contributed by atoms with Crippen molar-refractivity contribution >= 4 is 11.6 Å². The van der Waals surface area contributed by atoms with Crippen molar-refractivity contribution in [3.8, 4) is 11.1 Å². The van der Waals surface area contributed by atoms with Crippen LogP contribution < -0.4 is 11.5 Å². The van der Waals surface area contributed by atoms with E-state index in [1.807, 2.05) is 24.3 Å². The Balaban J connectivity index is 2.47. The molecule has 0 fully saturated rings. The lowest BCUT2D eigenvalue weighted by Gasteiger charge is -1.97. The minimum Gasteiger partial charge on any atom is -0.399 e. The molecule has 13 heavy (non-hydrogen) atoms. The van der Waals surface area contributed by atoms with Crippen LogP contribution in [0.15, 0.2) is 35.0 Å². The molecule has 1 aromatic carbocycles. The molecule has 4 nitrogen and oxygen atoms in total. The second kappa shape index (κ2) is 2.82. The summed E-state index contributed by atoms with van der Waals surface area (Å²) in [5, 5.41) is 3.59. The summed E-state index contributed by atoms with van der Waals surface area (Å²) in [5.41, 5.74) is 13.6. The van der Waals surface area contributed by atoms with Gasteiger partial charge in [0.2, 0.25) is 5.88 Å². The van der Waals surface area contributed by atoms with E-state index in [-0.39, 0.29) is 0 Å². The Morgan fingerprint density at radius 2 is 1.77 bits per heavy atom. The van der Waals surface area contributed by atoms with Gasteiger partial charge in [-0.3, -0.25) is 0 Å². The first kappa shape index (κ1) is 7.67. The van der Waals surface area contributed by atoms with Crippen molar-refractivity contribution in [1.82, 2.24) is 5.16 Å². The lowest BCUT2D eigenvalue weighted by Crippen LogP contribution is -1.86. The predicted octanol–water partition coefficient (Wildman–Crippen LogP) is 1.51. The van der Waals surface area contributed by atoms with Gasteiger partial charge >= 0.3 is 0 Å². The molecule has 0 aliphatic heterocycles. The maximum absolute atomic E-state index is 5.55. The molecule has 0 saturated carbocycles. The van der Waals surface area contributed by atoms with Gasteiger partial charge in [0, 0.05) is 5.69 Å². The second-order valence-electron chi connectivity index (χ2n) is 2.73. The van der Waals surface area contributed by atoms with Crippen LogP contribution in [-0.4, -0.2) is 5.16 Å². The fourth-order valence-corrected chi connectivity index (χ4v) is 1.13. The van der Waals surface area contributed by atoms with Crippen molar-refractivity contribution in [2.45, 2.75) is 0 Å². The van der Waals surface area contributed by atoms with E-state index < -0.39 is 0 Å². The van der Waals surface area contributed by atoms with Crippen LogP contribution in [0, 0.1) is 0 Å². The third-order valence-corrected chi connectivity index (χ3v) is 1.82. The Morgan fingerprint density at radius 1 is 1.08 bits per heavy atom. The Kier molecular flexibility index (Phi) is 1.66. The number of anilines is 2. The van der Waals surface area contributed by atoms with Crippen LogP contribution in [0.3, 0.4) is 0 Å². The van der Waals surface area contributed by atoms with Crippen LogP contribution in [0.4, 0.5) is 11.6 Å². The highest BCUT2D eigenvalue weighted by Crippen LogP contribution is 2.25. The van der Waals surface area contributed by atoms with Crippen molar-refractivity contribution < 1.29 is 4.52 Å². The molecular weight excluding hydrogens is 166 g/mol. The maximum atomic E-state index is 5.55. The smallest absolute Gasteiger partial charge is 0.229 e. The molecule has 2 aromatic rings. The van der Waals surface area contributed by atoms with E-state index in [1.54, 1.807) is 6.20 Å². The molecule has 1 heterocycles. The molecule has 1 aromatic heterocycles. The predicted molar refractivity (Wildman–Crippen MR) is 50.8 cm³/mol. The minimum atomic E-state index is 0.324. The van der Waals surface area contributed by atoms with Crippen molar-refractivity contribution in [2.75, 3.05) is 11.5 Å². The maximum Gasteiger partial charge on any atom is 0.229 e. The number of nitrogens with zero attached hydrogens (tertiary/aromatic N) is 1. The molecule has 0 atom stereocenters. The van der Waals surface area contributed by atoms with Crippen LogP contribution in [0.5, 0.6) is 0 Å². The number of nitrogen functional groups attached to an aromatic ring is 2. The highest BCUT2D eigenvalue weighted by atomic mass is 16.5. The Hall–Kier alpha value is -1.97. The molecule has 2 rings (SSSR count). The molecule has 0 saturated heterocycles. The number of aromatic nitrogens is 1. The highest BCUT2D eigenvalue weighted by Gasteiger charge is 2.05. The number of nitrogens with two attached hydrogens (primary N) is 2. The second-order valence-corrected chi connectivity index (χ2v) is 2.73. The summed E-state index contributed by atoms with van der Waals surface area (Å²) in [4.78, 5) is 0. The Bertz CT molecular complexity index is 405. The summed E-state index contributed by atoms with van der Waals surface area (Å²) in [6, 6.07) is 7.36. The summed E-state index contributed by atoms with van der Waals surface area (Å²) < 4.78 is 4.75. The number of benzene rings is 1. The number of hydrogen-bond acceptors (Lipinski definition) is 4.